The third-order valence-electron chi connectivity index (χ3n) is 5.59. The number of ether oxygens (including phenoxy) is 6. The maximum absolute atomic E-state index is 12.6. The first kappa shape index (κ1) is 28.4. The minimum Gasteiger partial charge on any atom is -0.465 e. The molecule has 12 heteroatoms. The molecule has 1 fully saturated rings. The van der Waals surface area contributed by atoms with Crippen LogP contribution in [0.4, 0.5) is 0 Å². The summed E-state index contributed by atoms with van der Waals surface area (Å²) < 4.78 is 33.2. The Kier molecular flexibility index (Phi) is 9.24. The second kappa shape index (κ2) is 12.4. The second-order valence-corrected chi connectivity index (χ2v) is 8.49. The molecule has 0 unspecified atom stereocenters. The van der Waals surface area contributed by atoms with Gasteiger partial charge in [0.25, 0.3) is 0 Å². The van der Waals surface area contributed by atoms with E-state index in [1.807, 2.05) is 0 Å². The molecular formula is C26H29NO11. The molecular weight excluding hydrogens is 502 g/mol. The average Bonchev–Trinajstić information content (AvgIpc) is 2.85. The zero-order valence-corrected chi connectivity index (χ0v) is 21.5. The lowest BCUT2D eigenvalue weighted by Gasteiger charge is -2.45. The fraction of sp³-hybridized carbons (Fsp3) is 0.423. The Hall–Kier alpha value is -4.19. The molecule has 5 atom stereocenters. The van der Waals surface area contributed by atoms with Crippen LogP contribution in [-0.2, 0) is 42.9 Å². The lowest BCUT2D eigenvalue weighted by Crippen LogP contribution is -2.67. The molecule has 1 aliphatic rings. The maximum atomic E-state index is 12.6. The molecule has 2 aromatic carbocycles. The summed E-state index contributed by atoms with van der Waals surface area (Å²) in [5.74, 6) is -3.25. The molecule has 1 N–H and O–H groups in total. The van der Waals surface area contributed by atoms with Gasteiger partial charge in [-0.3, -0.25) is 19.2 Å². The number of hydrogen-bond donors (Lipinski definition) is 1. The number of methoxy groups -OCH3 is 1. The van der Waals surface area contributed by atoms with Gasteiger partial charge in [-0.15, -0.1) is 0 Å². The maximum Gasteiger partial charge on any atom is 0.341 e. The van der Waals surface area contributed by atoms with Crippen molar-refractivity contribution >= 4 is 40.6 Å². The number of rotatable bonds is 8. The molecule has 1 aliphatic heterocycles. The van der Waals surface area contributed by atoms with Crippen molar-refractivity contribution in [3.05, 3.63) is 42.0 Å². The molecule has 0 saturated carbocycles. The van der Waals surface area contributed by atoms with Crippen molar-refractivity contribution in [2.45, 2.75) is 58.3 Å². The first-order chi connectivity index (χ1) is 18.0. The number of amides is 1. The SMILES string of the molecule is COC(=O)c1ccc2ccccc2c1O[C@H]1O[C@H](COC(C)=O)[C@@H](OC(C)=O)[C@@H](OC(C)=O)[C@@H]1NC(C)=O. The Morgan fingerprint density at radius 1 is 0.868 bits per heavy atom. The quantitative estimate of drug-likeness (QED) is 0.391. The summed E-state index contributed by atoms with van der Waals surface area (Å²) in [5, 5.41) is 3.89. The number of carbonyl (C=O) groups excluding carboxylic acids is 5. The highest BCUT2D eigenvalue weighted by atomic mass is 16.7. The van der Waals surface area contributed by atoms with E-state index in [0.717, 1.165) is 19.2 Å². The van der Waals surface area contributed by atoms with Crippen molar-refractivity contribution in [3.8, 4) is 5.75 Å². The predicted octanol–water partition coefficient (Wildman–Crippen LogP) is 1.66. The van der Waals surface area contributed by atoms with Gasteiger partial charge in [0.05, 0.1) is 7.11 Å². The standard InChI is InChI=1S/C26H29NO11/c1-13(28)27-21-24(36-16(4)31)23(35-15(3)30)20(12-34-14(2)29)37-26(21)38-22-18-9-7-6-8-17(18)10-11-19(22)25(32)33-5/h6-11,20-21,23-24,26H,12H2,1-5H3,(H,27,28)/t20-,21+,23-,24+,26-/m1/s1. The molecule has 0 spiro atoms. The van der Waals surface area contributed by atoms with Crippen molar-refractivity contribution in [3.63, 3.8) is 0 Å². The summed E-state index contributed by atoms with van der Waals surface area (Å²) >= 11 is 0. The van der Waals surface area contributed by atoms with Crippen LogP contribution < -0.4 is 10.1 Å². The summed E-state index contributed by atoms with van der Waals surface area (Å²) in [6.07, 6.45) is -5.15. The van der Waals surface area contributed by atoms with E-state index in [1.165, 1.54) is 27.0 Å². The van der Waals surface area contributed by atoms with Gasteiger partial charge in [-0.05, 0) is 11.5 Å². The minimum absolute atomic E-state index is 0.0686. The van der Waals surface area contributed by atoms with Crippen LogP contribution in [0.25, 0.3) is 10.8 Å². The molecule has 0 aromatic heterocycles. The minimum atomic E-state index is -1.40. The van der Waals surface area contributed by atoms with E-state index >= 15 is 0 Å². The smallest absolute Gasteiger partial charge is 0.341 e. The van der Waals surface area contributed by atoms with Gasteiger partial charge in [-0.25, -0.2) is 4.79 Å². The van der Waals surface area contributed by atoms with Gasteiger partial charge >= 0.3 is 23.9 Å². The molecule has 1 heterocycles. The lowest BCUT2D eigenvalue weighted by molar-refractivity contribution is -0.257. The molecule has 3 rings (SSSR count). The van der Waals surface area contributed by atoms with Gasteiger partial charge in [-0.2, -0.15) is 0 Å². The highest BCUT2D eigenvalue weighted by Gasteiger charge is 2.52. The number of nitrogens with one attached hydrogen (secondary N) is 1. The summed E-state index contributed by atoms with van der Waals surface area (Å²) in [5.41, 5.74) is 0.0686. The molecule has 12 nitrogen and oxygen atoms in total. The van der Waals surface area contributed by atoms with Crippen molar-refractivity contribution in [1.82, 2.24) is 5.32 Å². The van der Waals surface area contributed by atoms with Crippen LogP contribution in [0.1, 0.15) is 38.1 Å². The average molecular weight is 532 g/mol. The van der Waals surface area contributed by atoms with Gasteiger partial charge in [0, 0.05) is 33.1 Å². The Morgan fingerprint density at radius 2 is 1.53 bits per heavy atom. The molecule has 0 radical (unpaired) electrons. The van der Waals surface area contributed by atoms with Gasteiger partial charge in [0.15, 0.2) is 12.2 Å². The fourth-order valence-corrected chi connectivity index (χ4v) is 4.15. The van der Waals surface area contributed by atoms with Crippen LogP contribution >= 0.6 is 0 Å². The van der Waals surface area contributed by atoms with E-state index in [4.69, 9.17) is 28.4 Å². The van der Waals surface area contributed by atoms with Crippen LogP contribution in [0.5, 0.6) is 5.75 Å². The molecule has 1 amide bonds. The molecule has 2 aromatic rings. The van der Waals surface area contributed by atoms with Crippen LogP contribution in [-0.4, -0.2) is 74.1 Å². The molecule has 0 aliphatic carbocycles. The number of hydrogen-bond acceptors (Lipinski definition) is 11. The topological polar surface area (TPSA) is 153 Å². The van der Waals surface area contributed by atoms with Crippen LogP contribution in [0.3, 0.4) is 0 Å². The van der Waals surface area contributed by atoms with E-state index in [9.17, 15) is 24.0 Å². The summed E-state index contributed by atoms with van der Waals surface area (Å²) in [4.78, 5) is 60.3. The largest absolute Gasteiger partial charge is 0.465 e. The van der Waals surface area contributed by atoms with Crippen LogP contribution in [0.15, 0.2) is 36.4 Å². The molecule has 204 valence electrons. The normalized spacial score (nSPS) is 22.6. The van der Waals surface area contributed by atoms with Gasteiger partial charge in [-0.1, -0.05) is 30.3 Å². The van der Waals surface area contributed by atoms with E-state index < -0.39 is 67.0 Å². The van der Waals surface area contributed by atoms with Crippen molar-refractivity contribution in [2.24, 2.45) is 0 Å². The van der Waals surface area contributed by atoms with Gasteiger partial charge in [0.1, 0.15) is 30.1 Å². The highest BCUT2D eigenvalue weighted by Crippen LogP contribution is 2.35. The number of fused-ring (bicyclic) bond motifs is 1. The van der Waals surface area contributed by atoms with Crippen LogP contribution in [0, 0.1) is 0 Å². The van der Waals surface area contributed by atoms with Crippen molar-refractivity contribution in [2.75, 3.05) is 13.7 Å². The first-order valence-electron chi connectivity index (χ1n) is 11.7. The third kappa shape index (κ3) is 6.76. The zero-order chi connectivity index (χ0) is 28.0. The van der Waals surface area contributed by atoms with Crippen molar-refractivity contribution in [1.29, 1.82) is 0 Å². The van der Waals surface area contributed by atoms with E-state index in [1.54, 1.807) is 30.3 Å². The Labute approximate surface area is 218 Å². The zero-order valence-electron chi connectivity index (χ0n) is 21.5. The monoisotopic (exact) mass is 531 g/mol. The van der Waals surface area contributed by atoms with E-state index in [0.29, 0.717) is 5.39 Å². The summed E-state index contributed by atoms with van der Waals surface area (Å²) in [6.45, 7) is 4.30. The van der Waals surface area contributed by atoms with Crippen LogP contribution in [0.2, 0.25) is 0 Å². The Balaban J connectivity index is 2.15. The third-order valence-corrected chi connectivity index (χ3v) is 5.59. The lowest BCUT2D eigenvalue weighted by atomic mass is 9.95. The second-order valence-electron chi connectivity index (χ2n) is 8.49. The molecule has 38 heavy (non-hydrogen) atoms. The fourth-order valence-electron chi connectivity index (χ4n) is 4.15. The van der Waals surface area contributed by atoms with E-state index in [2.05, 4.69) is 5.32 Å². The first-order valence-corrected chi connectivity index (χ1v) is 11.7. The predicted molar refractivity (Wildman–Crippen MR) is 130 cm³/mol. The Morgan fingerprint density at radius 3 is 2.13 bits per heavy atom. The summed E-state index contributed by atoms with van der Waals surface area (Å²) in [7, 11) is 1.22. The number of esters is 4. The van der Waals surface area contributed by atoms with Crippen molar-refractivity contribution < 1.29 is 52.4 Å². The number of carbonyl (C=O) groups is 5. The number of benzene rings is 2. The van der Waals surface area contributed by atoms with Gasteiger partial charge < -0.3 is 33.7 Å². The molecule has 1 saturated heterocycles. The van der Waals surface area contributed by atoms with Gasteiger partial charge in [0.2, 0.25) is 12.2 Å². The van der Waals surface area contributed by atoms with E-state index in [-0.39, 0.29) is 11.3 Å². The highest BCUT2D eigenvalue weighted by molar-refractivity contribution is 6.01. The summed E-state index contributed by atoms with van der Waals surface area (Å²) in [6, 6.07) is 9.08. The Bertz CT molecular complexity index is 1230. The molecule has 0 bridgehead atoms.